The first-order valence-corrected chi connectivity index (χ1v) is 11.7. The molecule has 2 heterocycles. The summed E-state index contributed by atoms with van der Waals surface area (Å²) in [6, 6.07) is 18.1. The van der Waals surface area contributed by atoms with E-state index in [1.165, 1.54) is 24.8 Å². The van der Waals surface area contributed by atoms with Gasteiger partial charge >= 0.3 is 0 Å². The highest BCUT2D eigenvalue weighted by Crippen LogP contribution is 2.42. The van der Waals surface area contributed by atoms with Gasteiger partial charge in [0.2, 0.25) is 0 Å². The molecule has 5 rings (SSSR count). The number of fused-ring (bicyclic) bond motifs is 1. The molecule has 0 spiro atoms. The van der Waals surface area contributed by atoms with Gasteiger partial charge in [-0.1, -0.05) is 12.1 Å². The summed E-state index contributed by atoms with van der Waals surface area (Å²) >= 11 is 1.51. The van der Waals surface area contributed by atoms with E-state index in [1.807, 2.05) is 31.3 Å². The molecule has 2 aromatic heterocycles. The number of nitrogens with one attached hydrogen (secondary N) is 1. The largest absolute Gasteiger partial charge is 0.382 e. The summed E-state index contributed by atoms with van der Waals surface area (Å²) in [6.45, 7) is 0. The Bertz CT molecular complexity index is 1320. The van der Waals surface area contributed by atoms with Crippen molar-refractivity contribution in [1.82, 2.24) is 19.7 Å². The summed E-state index contributed by atoms with van der Waals surface area (Å²) < 4.78 is 5.14. The third kappa shape index (κ3) is 4.26. The predicted molar refractivity (Wildman–Crippen MR) is 134 cm³/mol. The second kappa shape index (κ2) is 8.44. The van der Waals surface area contributed by atoms with Crippen molar-refractivity contribution in [3.05, 3.63) is 65.9 Å². The van der Waals surface area contributed by atoms with E-state index in [2.05, 4.69) is 40.2 Å². The second-order valence-corrected chi connectivity index (χ2v) is 9.46. The lowest BCUT2D eigenvalue weighted by molar-refractivity contribution is 0.0827. The van der Waals surface area contributed by atoms with Crippen LogP contribution < -0.4 is 10.5 Å². The van der Waals surface area contributed by atoms with Gasteiger partial charge in [0.1, 0.15) is 0 Å². The molecular weight excluding hydrogens is 432 g/mol. The van der Waals surface area contributed by atoms with Gasteiger partial charge in [-0.2, -0.15) is 5.10 Å². The highest BCUT2D eigenvalue weighted by atomic mass is 32.2. The van der Waals surface area contributed by atoms with Crippen molar-refractivity contribution < 1.29 is 4.79 Å². The average molecular weight is 459 g/mol. The molecule has 7 nitrogen and oxygen atoms in total. The fourth-order valence-electron chi connectivity index (χ4n) is 3.87. The Labute approximate surface area is 197 Å². The van der Waals surface area contributed by atoms with Gasteiger partial charge in [-0.25, -0.2) is 9.67 Å². The number of nitrogens with two attached hydrogens (primary N) is 1. The number of aromatic nitrogens is 3. The fourth-order valence-corrected chi connectivity index (χ4v) is 4.52. The lowest BCUT2D eigenvalue weighted by Gasteiger charge is -2.11. The Morgan fingerprint density at radius 2 is 1.82 bits per heavy atom. The number of nitrogens with zero attached hydrogens (tertiary/aromatic N) is 4. The number of nitrogen functional groups attached to an aromatic ring is 1. The Kier molecular flexibility index (Phi) is 5.46. The normalized spacial score (nSPS) is 13.3. The molecule has 3 N–H and O–H groups in total. The number of benzene rings is 2. The van der Waals surface area contributed by atoms with Gasteiger partial charge in [0, 0.05) is 48.9 Å². The minimum absolute atomic E-state index is 0.000543. The van der Waals surface area contributed by atoms with Crippen LogP contribution in [0.2, 0.25) is 0 Å². The SMILES string of the molecule is CN(C)C(=O)c1ccc(SNc2ccc(-c3cc(C4CC4)nc4c3c(N)nn4C)cc2)cc1. The molecular formula is C25H26N6OS. The molecule has 0 bridgehead atoms. The number of pyridine rings is 1. The van der Waals surface area contributed by atoms with Crippen molar-refractivity contribution >= 4 is 40.4 Å². The van der Waals surface area contributed by atoms with Gasteiger partial charge in [0.05, 0.1) is 5.39 Å². The smallest absolute Gasteiger partial charge is 0.253 e. The number of anilines is 2. The summed E-state index contributed by atoms with van der Waals surface area (Å²) in [7, 11) is 5.39. The van der Waals surface area contributed by atoms with E-state index in [0.29, 0.717) is 17.3 Å². The van der Waals surface area contributed by atoms with Gasteiger partial charge < -0.3 is 15.4 Å². The van der Waals surface area contributed by atoms with Crippen LogP contribution in [0.15, 0.2) is 59.5 Å². The zero-order valence-electron chi connectivity index (χ0n) is 18.9. The van der Waals surface area contributed by atoms with Crippen LogP contribution in [-0.4, -0.2) is 39.7 Å². The van der Waals surface area contributed by atoms with Crippen LogP contribution in [0.5, 0.6) is 0 Å². The van der Waals surface area contributed by atoms with Crippen molar-refractivity contribution in [1.29, 1.82) is 0 Å². The average Bonchev–Trinajstić information content (AvgIpc) is 3.63. The molecule has 0 aliphatic heterocycles. The minimum Gasteiger partial charge on any atom is -0.382 e. The molecule has 4 aromatic rings. The first kappa shape index (κ1) is 21.3. The molecule has 168 valence electrons. The third-order valence-corrected chi connectivity index (χ3v) is 6.67. The van der Waals surface area contributed by atoms with Crippen LogP contribution in [0.4, 0.5) is 11.5 Å². The summed E-state index contributed by atoms with van der Waals surface area (Å²) in [5.74, 6) is 1.05. The molecule has 2 aromatic carbocycles. The molecule has 0 unspecified atom stereocenters. The van der Waals surface area contributed by atoms with E-state index in [0.717, 1.165) is 38.4 Å². The topological polar surface area (TPSA) is 89.1 Å². The Morgan fingerprint density at radius 1 is 1.12 bits per heavy atom. The first-order chi connectivity index (χ1) is 15.9. The lowest BCUT2D eigenvalue weighted by atomic mass is 10.0. The van der Waals surface area contributed by atoms with E-state index in [9.17, 15) is 4.79 Å². The number of carbonyl (C=O) groups excluding carboxylic acids is 1. The molecule has 0 radical (unpaired) electrons. The summed E-state index contributed by atoms with van der Waals surface area (Å²) in [5.41, 5.74) is 12.0. The molecule has 33 heavy (non-hydrogen) atoms. The number of hydrogen-bond donors (Lipinski definition) is 2. The van der Waals surface area contributed by atoms with Crippen molar-refractivity contribution in [2.45, 2.75) is 23.7 Å². The van der Waals surface area contributed by atoms with Crippen LogP contribution in [0.25, 0.3) is 22.2 Å². The lowest BCUT2D eigenvalue weighted by Crippen LogP contribution is -2.21. The summed E-state index contributed by atoms with van der Waals surface area (Å²) in [5, 5.41) is 5.30. The van der Waals surface area contributed by atoms with Gasteiger partial charge in [-0.05, 0) is 78.4 Å². The minimum atomic E-state index is -0.000543. The molecule has 0 saturated heterocycles. The Morgan fingerprint density at radius 3 is 2.45 bits per heavy atom. The van der Waals surface area contributed by atoms with E-state index < -0.39 is 0 Å². The molecule has 8 heteroatoms. The summed E-state index contributed by atoms with van der Waals surface area (Å²) in [4.78, 5) is 19.5. The van der Waals surface area contributed by atoms with Crippen molar-refractivity contribution in [3.8, 4) is 11.1 Å². The summed E-state index contributed by atoms with van der Waals surface area (Å²) in [6.07, 6.45) is 2.38. The number of hydrogen-bond acceptors (Lipinski definition) is 6. The van der Waals surface area contributed by atoms with Crippen LogP contribution in [0, 0.1) is 0 Å². The molecule has 1 aliphatic carbocycles. The highest BCUT2D eigenvalue weighted by Gasteiger charge is 2.27. The Hall–Kier alpha value is -3.52. The van der Waals surface area contributed by atoms with Gasteiger partial charge in [0.25, 0.3) is 5.91 Å². The van der Waals surface area contributed by atoms with Gasteiger partial charge in [-0.3, -0.25) is 4.79 Å². The molecule has 1 amide bonds. The van der Waals surface area contributed by atoms with Crippen LogP contribution >= 0.6 is 11.9 Å². The second-order valence-electron chi connectivity index (χ2n) is 8.58. The predicted octanol–water partition coefficient (Wildman–Crippen LogP) is 4.92. The van der Waals surface area contributed by atoms with Gasteiger partial charge in [0.15, 0.2) is 11.5 Å². The first-order valence-electron chi connectivity index (χ1n) is 10.9. The standard InChI is InChI=1S/C25H26N6OS/c1-30(2)25(32)17-8-12-19(13-9-17)33-29-18-10-6-15(7-11-18)20-14-21(16-4-5-16)27-24-22(20)23(26)28-31(24)3/h6-14,16,29H,4-5H2,1-3H3,(H2,26,28). The third-order valence-electron chi connectivity index (χ3n) is 5.83. The van der Waals surface area contributed by atoms with E-state index in [4.69, 9.17) is 10.7 Å². The highest BCUT2D eigenvalue weighted by molar-refractivity contribution is 8.00. The maximum atomic E-state index is 12.0. The van der Waals surface area contributed by atoms with E-state index in [1.54, 1.807) is 23.7 Å². The molecule has 1 aliphatic rings. The van der Waals surface area contributed by atoms with E-state index in [-0.39, 0.29) is 5.91 Å². The van der Waals surface area contributed by atoms with Crippen LogP contribution in [0.1, 0.15) is 34.8 Å². The quantitative estimate of drug-likeness (QED) is 0.399. The number of aryl methyl sites for hydroxylation is 1. The number of rotatable bonds is 6. The number of amides is 1. The van der Waals surface area contributed by atoms with E-state index >= 15 is 0 Å². The Balaban J connectivity index is 1.35. The van der Waals surface area contributed by atoms with Crippen molar-refractivity contribution in [3.63, 3.8) is 0 Å². The van der Waals surface area contributed by atoms with Crippen molar-refractivity contribution in [2.75, 3.05) is 24.6 Å². The maximum absolute atomic E-state index is 12.0. The fraction of sp³-hybridized carbons (Fsp3) is 0.240. The zero-order chi connectivity index (χ0) is 23.1. The monoisotopic (exact) mass is 458 g/mol. The zero-order valence-corrected chi connectivity index (χ0v) is 19.7. The van der Waals surface area contributed by atoms with Crippen LogP contribution in [-0.2, 0) is 7.05 Å². The molecule has 1 saturated carbocycles. The maximum Gasteiger partial charge on any atom is 0.253 e. The molecule has 0 atom stereocenters. The molecule has 1 fully saturated rings. The van der Waals surface area contributed by atoms with Gasteiger partial charge in [-0.15, -0.1) is 0 Å². The number of carbonyl (C=O) groups is 1. The van der Waals surface area contributed by atoms with Crippen molar-refractivity contribution in [2.24, 2.45) is 7.05 Å². The van der Waals surface area contributed by atoms with Crippen LogP contribution in [0.3, 0.4) is 0 Å².